The van der Waals surface area contributed by atoms with Crippen LogP contribution in [0.3, 0.4) is 0 Å². The predicted octanol–water partition coefficient (Wildman–Crippen LogP) is 1.97. The highest BCUT2D eigenvalue weighted by Crippen LogP contribution is 2.10. The lowest BCUT2D eigenvalue weighted by Crippen LogP contribution is -2.22. The topological polar surface area (TPSA) is 71.1 Å². The zero-order valence-corrected chi connectivity index (χ0v) is 11.1. The number of hydrogen-bond acceptors (Lipinski definition) is 3. The molecule has 0 aliphatic heterocycles. The average Bonchev–Trinajstić information content (AvgIpc) is 2.45. The first-order chi connectivity index (χ1) is 9.65. The Morgan fingerprint density at radius 3 is 2.75 bits per heavy atom. The first-order valence-corrected chi connectivity index (χ1v) is 6.20. The molecule has 0 aliphatic rings. The minimum atomic E-state index is -0.178. The number of pyridine rings is 1. The molecule has 0 fully saturated rings. The quantitative estimate of drug-likeness (QED) is 0.891. The number of nitrogens with one attached hydrogen (secondary N) is 2. The maximum absolute atomic E-state index is 11.9. The monoisotopic (exact) mass is 269 g/mol. The van der Waals surface area contributed by atoms with Crippen molar-refractivity contribution >= 4 is 17.5 Å². The molecule has 102 valence electrons. The Morgan fingerprint density at radius 1 is 1.20 bits per heavy atom. The largest absolute Gasteiger partial charge is 0.348 e. The average molecular weight is 269 g/mol. The molecule has 0 aliphatic carbocycles. The molecule has 0 saturated heterocycles. The van der Waals surface area contributed by atoms with Gasteiger partial charge in [-0.05, 0) is 29.8 Å². The molecular formula is C15H15N3O2. The van der Waals surface area contributed by atoms with Gasteiger partial charge in [0.1, 0.15) is 0 Å². The highest BCUT2D eigenvalue weighted by atomic mass is 16.2. The summed E-state index contributed by atoms with van der Waals surface area (Å²) < 4.78 is 0. The molecule has 1 aromatic carbocycles. The summed E-state index contributed by atoms with van der Waals surface area (Å²) in [6.07, 6.45) is 3.14. The zero-order chi connectivity index (χ0) is 14.4. The van der Waals surface area contributed by atoms with Gasteiger partial charge in [0.05, 0.1) is 5.56 Å². The van der Waals surface area contributed by atoms with Gasteiger partial charge in [-0.25, -0.2) is 0 Å². The van der Waals surface area contributed by atoms with Crippen LogP contribution in [-0.2, 0) is 11.3 Å². The van der Waals surface area contributed by atoms with E-state index in [2.05, 4.69) is 15.6 Å². The van der Waals surface area contributed by atoms with E-state index in [9.17, 15) is 9.59 Å². The number of anilines is 1. The Bertz CT molecular complexity index is 612. The van der Waals surface area contributed by atoms with E-state index in [0.29, 0.717) is 17.8 Å². The van der Waals surface area contributed by atoms with Gasteiger partial charge in [0.15, 0.2) is 0 Å². The molecule has 0 spiro atoms. The van der Waals surface area contributed by atoms with Crippen LogP contribution in [0.15, 0.2) is 48.8 Å². The lowest BCUT2D eigenvalue weighted by atomic mass is 10.2. The van der Waals surface area contributed by atoms with Gasteiger partial charge in [0.2, 0.25) is 5.91 Å². The summed E-state index contributed by atoms with van der Waals surface area (Å²) in [5.41, 5.74) is 2.14. The van der Waals surface area contributed by atoms with E-state index in [4.69, 9.17) is 0 Å². The van der Waals surface area contributed by atoms with Gasteiger partial charge in [-0.1, -0.05) is 12.1 Å². The Kier molecular flexibility index (Phi) is 4.44. The normalized spacial score (nSPS) is 9.85. The fourth-order valence-corrected chi connectivity index (χ4v) is 1.74. The highest BCUT2D eigenvalue weighted by Gasteiger charge is 2.05. The minimum absolute atomic E-state index is 0.124. The lowest BCUT2D eigenvalue weighted by molar-refractivity contribution is -0.114. The van der Waals surface area contributed by atoms with E-state index in [1.807, 2.05) is 18.2 Å². The number of benzene rings is 1. The number of carbonyl (C=O) groups is 2. The molecule has 0 bridgehead atoms. The lowest BCUT2D eigenvalue weighted by Gasteiger charge is -2.07. The van der Waals surface area contributed by atoms with Crippen LogP contribution in [0.1, 0.15) is 22.8 Å². The van der Waals surface area contributed by atoms with Gasteiger partial charge in [-0.3, -0.25) is 14.6 Å². The summed E-state index contributed by atoms with van der Waals surface area (Å²) in [6, 6.07) is 10.8. The molecule has 2 N–H and O–H groups in total. The number of carbonyl (C=O) groups excluding carboxylic acids is 2. The van der Waals surface area contributed by atoms with E-state index >= 15 is 0 Å². The number of hydrogen-bond donors (Lipinski definition) is 2. The summed E-state index contributed by atoms with van der Waals surface area (Å²) in [6.45, 7) is 1.85. The molecule has 1 aromatic heterocycles. The molecular weight excluding hydrogens is 254 g/mol. The van der Waals surface area contributed by atoms with Crippen LogP contribution in [-0.4, -0.2) is 16.8 Å². The van der Waals surface area contributed by atoms with Crippen LogP contribution in [0.25, 0.3) is 0 Å². The van der Waals surface area contributed by atoms with Crippen molar-refractivity contribution < 1.29 is 9.59 Å². The van der Waals surface area contributed by atoms with Crippen molar-refractivity contribution in [3.05, 3.63) is 59.9 Å². The van der Waals surface area contributed by atoms with Crippen LogP contribution in [0.4, 0.5) is 5.69 Å². The Labute approximate surface area is 117 Å². The molecule has 2 rings (SSSR count). The molecule has 20 heavy (non-hydrogen) atoms. The number of rotatable bonds is 4. The fraction of sp³-hybridized carbons (Fsp3) is 0.133. The van der Waals surface area contributed by atoms with Crippen molar-refractivity contribution in [3.63, 3.8) is 0 Å². The van der Waals surface area contributed by atoms with Crippen LogP contribution in [0, 0.1) is 0 Å². The van der Waals surface area contributed by atoms with Crippen molar-refractivity contribution in [2.75, 3.05) is 5.32 Å². The van der Waals surface area contributed by atoms with Crippen LogP contribution in [0.5, 0.6) is 0 Å². The van der Waals surface area contributed by atoms with Gasteiger partial charge >= 0.3 is 0 Å². The molecule has 5 heteroatoms. The van der Waals surface area contributed by atoms with E-state index in [0.717, 1.165) is 5.56 Å². The zero-order valence-electron chi connectivity index (χ0n) is 11.1. The number of amides is 2. The maximum atomic E-state index is 11.9. The second kappa shape index (κ2) is 6.47. The van der Waals surface area contributed by atoms with Crippen molar-refractivity contribution in [2.24, 2.45) is 0 Å². The number of aromatic nitrogens is 1. The minimum Gasteiger partial charge on any atom is -0.348 e. The van der Waals surface area contributed by atoms with Gasteiger partial charge in [-0.15, -0.1) is 0 Å². The Morgan fingerprint density at radius 2 is 2.05 bits per heavy atom. The van der Waals surface area contributed by atoms with E-state index in [1.54, 1.807) is 24.4 Å². The third kappa shape index (κ3) is 3.91. The summed E-state index contributed by atoms with van der Waals surface area (Å²) in [7, 11) is 0. The van der Waals surface area contributed by atoms with Gasteiger partial charge in [0, 0.05) is 31.5 Å². The van der Waals surface area contributed by atoms with Crippen LogP contribution >= 0.6 is 0 Å². The van der Waals surface area contributed by atoms with Gasteiger partial charge in [0.25, 0.3) is 5.91 Å². The van der Waals surface area contributed by atoms with Crippen LogP contribution in [0.2, 0.25) is 0 Å². The van der Waals surface area contributed by atoms with Crippen molar-refractivity contribution in [1.82, 2.24) is 10.3 Å². The van der Waals surface area contributed by atoms with Crippen molar-refractivity contribution in [2.45, 2.75) is 13.5 Å². The summed E-state index contributed by atoms with van der Waals surface area (Å²) in [5, 5.41) is 5.51. The molecule has 1 heterocycles. The first-order valence-electron chi connectivity index (χ1n) is 6.20. The predicted molar refractivity (Wildman–Crippen MR) is 76.2 cm³/mol. The molecule has 0 saturated carbocycles. The van der Waals surface area contributed by atoms with Gasteiger partial charge < -0.3 is 10.6 Å². The maximum Gasteiger partial charge on any atom is 0.253 e. The molecule has 0 radical (unpaired) electrons. The second-order valence-corrected chi connectivity index (χ2v) is 4.31. The summed E-state index contributed by atoms with van der Waals surface area (Å²) in [5.74, 6) is -0.301. The third-order valence-electron chi connectivity index (χ3n) is 2.62. The molecule has 2 aromatic rings. The van der Waals surface area contributed by atoms with Gasteiger partial charge in [-0.2, -0.15) is 0 Å². The summed E-state index contributed by atoms with van der Waals surface area (Å²) in [4.78, 5) is 26.7. The Hall–Kier alpha value is -2.69. The smallest absolute Gasteiger partial charge is 0.253 e. The fourth-order valence-electron chi connectivity index (χ4n) is 1.74. The second-order valence-electron chi connectivity index (χ2n) is 4.31. The van der Waals surface area contributed by atoms with E-state index < -0.39 is 0 Å². The molecule has 0 atom stereocenters. The summed E-state index contributed by atoms with van der Waals surface area (Å²) >= 11 is 0. The third-order valence-corrected chi connectivity index (χ3v) is 2.62. The SMILES string of the molecule is CC(=O)Nc1cccc(CNC(=O)c2cccnc2)c1. The highest BCUT2D eigenvalue weighted by molar-refractivity contribution is 5.93. The van der Waals surface area contributed by atoms with Crippen molar-refractivity contribution in [3.8, 4) is 0 Å². The number of nitrogens with zero attached hydrogens (tertiary/aromatic N) is 1. The van der Waals surface area contributed by atoms with Crippen LogP contribution < -0.4 is 10.6 Å². The van der Waals surface area contributed by atoms with Crippen molar-refractivity contribution in [1.29, 1.82) is 0 Å². The molecule has 2 amide bonds. The Balaban J connectivity index is 1.97. The first kappa shape index (κ1) is 13.7. The molecule has 0 unspecified atom stereocenters. The standard InChI is InChI=1S/C15H15N3O2/c1-11(19)18-14-6-2-4-12(8-14)9-17-15(20)13-5-3-7-16-10-13/h2-8,10H,9H2,1H3,(H,17,20)(H,18,19). The molecule has 5 nitrogen and oxygen atoms in total. The van der Waals surface area contributed by atoms with E-state index in [-0.39, 0.29) is 11.8 Å². The van der Waals surface area contributed by atoms with E-state index in [1.165, 1.54) is 13.1 Å².